The zero-order valence-corrected chi connectivity index (χ0v) is 9.44. The van der Waals surface area contributed by atoms with Crippen molar-refractivity contribution in [3.63, 3.8) is 0 Å². The van der Waals surface area contributed by atoms with Gasteiger partial charge < -0.3 is 10.6 Å². The van der Waals surface area contributed by atoms with Gasteiger partial charge in [-0.25, -0.2) is 4.79 Å². The number of hydrogen-bond donors (Lipinski definition) is 1. The highest BCUT2D eigenvalue weighted by Crippen LogP contribution is 2.14. The standard InChI is InChI=1S/C9H19N3O2/c1-6(2)7(11-12-10)8(13)14-9(3,4)5/h6-7H,1-5H3,(H2,10,11)/t7-/m0/s1. The molecule has 0 aromatic carbocycles. The highest BCUT2D eigenvalue weighted by molar-refractivity contribution is 5.76. The van der Waals surface area contributed by atoms with Gasteiger partial charge in [0.25, 0.3) is 0 Å². The SMILES string of the molecule is CC(C)[C@H](N=NN)C(=O)OC(C)(C)C. The van der Waals surface area contributed by atoms with E-state index in [-0.39, 0.29) is 11.9 Å². The van der Waals surface area contributed by atoms with Crippen LogP contribution in [0.15, 0.2) is 10.3 Å². The van der Waals surface area contributed by atoms with Crippen LogP contribution in [0.5, 0.6) is 0 Å². The van der Waals surface area contributed by atoms with Crippen LogP contribution in [-0.4, -0.2) is 17.6 Å². The molecule has 2 N–H and O–H groups in total. The minimum absolute atomic E-state index is 0.0251. The van der Waals surface area contributed by atoms with Crippen molar-refractivity contribution in [3.8, 4) is 0 Å². The number of nitrogens with zero attached hydrogens (tertiary/aromatic N) is 2. The molecule has 0 heterocycles. The van der Waals surface area contributed by atoms with Crippen LogP contribution in [-0.2, 0) is 9.53 Å². The minimum atomic E-state index is -0.612. The summed E-state index contributed by atoms with van der Waals surface area (Å²) in [5, 5.41) is 6.77. The first-order chi connectivity index (χ1) is 6.28. The summed E-state index contributed by atoms with van der Waals surface area (Å²) in [4.78, 5) is 11.6. The first-order valence-corrected chi connectivity index (χ1v) is 4.61. The lowest BCUT2D eigenvalue weighted by Crippen LogP contribution is -2.33. The Morgan fingerprint density at radius 1 is 1.36 bits per heavy atom. The summed E-state index contributed by atoms with van der Waals surface area (Å²) < 4.78 is 5.17. The summed E-state index contributed by atoms with van der Waals surface area (Å²) in [6.45, 7) is 9.15. The Bertz CT molecular complexity index is 219. The lowest BCUT2D eigenvalue weighted by atomic mass is 10.1. The van der Waals surface area contributed by atoms with Gasteiger partial charge in [0.1, 0.15) is 5.60 Å². The molecule has 0 bridgehead atoms. The monoisotopic (exact) mass is 201 g/mol. The average Bonchev–Trinajstić information content (AvgIpc) is 1.95. The number of nitrogens with two attached hydrogens (primary N) is 1. The predicted octanol–water partition coefficient (Wildman–Crippen LogP) is 1.68. The van der Waals surface area contributed by atoms with E-state index in [1.54, 1.807) is 0 Å². The maximum atomic E-state index is 11.6. The van der Waals surface area contributed by atoms with Gasteiger partial charge in [0.2, 0.25) is 0 Å². The smallest absolute Gasteiger partial charge is 0.333 e. The van der Waals surface area contributed by atoms with E-state index < -0.39 is 11.6 Å². The van der Waals surface area contributed by atoms with Crippen LogP contribution >= 0.6 is 0 Å². The van der Waals surface area contributed by atoms with E-state index in [9.17, 15) is 4.79 Å². The summed E-state index contributed by atoms with van der Waals surface area (Å²) in [5.74, 6) is 4.56. The molecule has 14 heavy (non-hydrogen) atoms. The van der Waals surface area contributed by atoms with E-state index in [1.165, 1.54) is 0 Å². The second-order valence-corrected chi connectivity index (χ2v) is 4.45. The van der Waals surface area contributed by atoms with Crippen LogP contribution in [0.4, 0.5) is 0 Å². The van der Waals surface area contributed by atoms with Crippen molar-refractivity contribution in [2.45, 2.75) is 46.3 Å². The molecule has 0 aliphatic rings. The largest absolute Gasteiger partial charge is 0.458 e. The van der Waals surface area contributed by atoms with E-state index in [2.05, 4.69) is 10.3 Å². The van der Waals surface area contributed by atoms with Crippen LogP contribution in [0.25, 0.3) is 0 Å². The Labute approximate surface area is 84.7 Å². The fourth-order valence-electron chi connectivity index (χ4n) is 0.887. The number of rotatable bonds is 3. The molecule has 0 unspecified atom stereocenters. The van der Waals surface area contributed by atoms with Gasteiger partial charge in [0, 0.05) is 0 Å². The quantitative estimate of drug-likeness (QED) is 0.326. The van der Waals surface area contributed by atoms with E-state index in [0.29, 0.717) is 0 Å². The minimum Gasteiger partial charge on any atom is -0.458 e. The van der Waals surface area contributed by atoms with E-state index in [4.69, 9.17) is 10.6 Å². The molecule has 0 aromatic heterocycles. The predicted molar refractivity (Wildman–Crippen MR) is 53.5 cm³/mol. The Kier molecular flexibility index (Phi) is 4.53. The fourth-order valence-corrected chi connectivity index (χ4v) is 0.887. The van der Waals surface area contributed by atoms with Crippen LogP contribution in [0.1, 0.15) is 34.6 Å². The molecule has 0 saturated heterocycles. The topological polar surface area (TPSA) is 77.0 Å². The maximum Gasteiger partial charge on any atom is 0.333 e. The van der Waals surface area contributed by atoms with E-state index in [0.717, 1.165) is 0 Å². The molecular formula is C9H19N3O2. The van der Waals surface area contributed by atoms with Gasteiger partial charge >= 0.3 is 5.97 Å². The molecule has 82 valence electrons. The number of hydrogen-bond acceptors (Lipinski definition) is 4. The molecular weight excluding hydrogens is 182 g/mol. The van der Waals surface area contributed by atoms with Gasteiger partial charge in [-0.15, -0.1) is 0 Å². The lowest BCUT2D eigenvalue weighted by Gasteiger charge is -2.23. The zero-order valence-electron chi connectivity index (χ0n) is 9.44. The lowest BCUT2D eigenvalue weighted by molar-refractivity contribution is -0.157. The fraction of sp³-hybridized carbons (Fsp3) is 0.889. The molecule has 0 spiro atoms. The Morgan fingerprint density at radius 2 is 1.86 bits per heavy atom. The average molecular weight is 201 g/mol. The number of esters is 1. The molecule has 0 aromatic rings. The highest BCUT2D eigenvalue weighted by Gasteiger charge is 2.27. The van der Waals surface area contributed by atoms with Gasteiger partial charge in [0.05, 0.1) is 0 Å². The van der Waals surface area contributed by atoms with Crippen molar-refractivity contribution in [1.82, 2.24) is 0 Å². The van der Waals surface area contributed by atoms with Gasteiger partial charge in [-0.05, 0) is 26.7 Å². The second-order valence-electron chi connectivity index (χ2n) is 4.45. The molecule has 0 saturated carbocycles. The van der Waals surface area contributed by atoms with Crippen LogP contribution in [0, 0.1) is 5.92 Å². The Hall–Kier alpha value is -1.13. The molecule has 0 radical (unpaired) electrons. The third-order valence-corrected chi connectivity index (χ3v) is 1.47. The first-order valence-electron chi connectivity index (χ1n) is 4.61. The summed E-state index contributed by atoms with van der Waals surface area (Å²) in [6, 6.07) is -0.612. The van der Waals surface area contributed by atoms with Crippen molar-refractivity contribution in [3.05, 3.63) is 0 Å². The molecule has 0 fully saturated rings. The summed E-state index contributed by atoms with van der Waals surface area (Å²) in [5.41, 5.74) is -0.506. The van der Waals surface area contributed by atoms with E-state index in [1.807, 2.05) is 34.6 Å². The van der Waals surface area contributed by atoms with Crippen LogP contribution in [0.3, 0.4) is 0 Å². The third-order valence-electron chi connectivity index (χ3n) is 1.47. The molecule has 0 aliphatic heterocycles. The molecule has 0 rings (SSSR count). The van der Waals surface area contributed by atoms with Crippen molar-refractivity contribution >= 4 is 5.97 Å². The van der Waals surface area contributed by atoms with Gasteiger partial charge in [-0.1, -0.05) is 19.1 Å². The third kappa shape index (κ3) is 4.79. The van der Waals surface area contributed by atoms with Crippen LogP contribution < -0.4 is 5.84 Å². The van der Waals surface area contributed by atoms with Crippen molar-refractivity contribution in [2.75, 3.05) is 0 Å². The molecule has 0 amide bonds. The number of ether oxygens (including phenoxy) is 1. The normalized spacial score (nSPS) is 14.7. The summed E-state index contributed by atoms with van der Waals surface area (Å²) in [6.07, 6.45) is 0. The number of carbonyl (C=O) groups excluding carboxylic acids is 1. The van der Waals surface area contributed by atoms with Crippen LogP contribution in [0.2, 0.25) is 0 Å². The van der Waals surface area contributed by atoms with Crippen molar-refractivity contribution < 1.29 is 9.53 Å². The Morgan fingerprint density at radius 3 is 2.14 bits per heavy atom. The summed E-state index contributed by atoms with van der Waals surface area (Å²) in [7, 11) is 0. The Balaban J connectivity index is 4.46. The molecule has 5 heteroatoms. The molecule has 1 atom stereocenters. The van der Waals surface area contributed by atoms with Gasteiger partial charge in [0.15, 0.2) is 6.04 Å². The zero-order chi connectivity index (χ0) is 11.4. The molecule has 0 aliphatic carbocycles. The summed E-state index contributed by atoms with van der Waals surface area (Å²) >= 11 is 0. The highest BCUT2D eigenvalue weighted by atomic mass is 16.6. The van der Waals surface area contributed by atoms with E-state index >= 15 is 0 Å². The van der Waals surface area contributed by atoms with Crippen molar-refractivity contribution in [1.29, 1.82) is 0 Å². The maximum absolute atomic E-state index is 11.6. The van der Waals surface area contributed by atoms with Crippen molar-refractivity contribution in [2.24, 2.45) is 22.1 Å². The second kappa shape index (κ2) is 4.93. The first kappa shape index (κ1) is 12.9. The number of carbonyl (C=O) groups is 1. The molecule has 5 nitrogen and oxygen atoms in total. The van der Waals surface area contributed by atoms with Gasteiger partial charge in [-0.2, -0.15) is 5.11 Å². The van der Waals surface area contributed by atoms with Gasteiger partial charge in [-0.3, -0.25) is 0 Å².